The van der Waals surface area contributed by atoms with Gasteiger partial charge in [0, 0.05) is 18.7 Å². The van der Waals surface area contributed by atoms with Crippen LogP contribution < -0.4 is 10.0 Å². The summed E-state index contributed by atoms with van der Waals surface area (Å²) in [4.78, 5) is 17.9. The highest BCUT2D eigenvalue weighted by Crippen LogP contribution is 2.34. The molecule has 43 heavy (non-hydrogen) atoms. The minimum Gasteiger partial charge on any atom is -0.593 e. The molecular formula is C29H35F3N4O5S2. The van der Waals surface area contributed by atoms with Gasteiger partial charge in [-0.1, -0.05) is 18.2 Å². The topological polar surface area (TPSA) is 134 Å². The number of amidine groups is 1. The molecule has 1 spiro atoms. The Balaban J connectivity index is 1.17. The maximum absolute atomic E-state index is 13.2. The molecule has 2 aliphatic heterocycles. The Morgan fingerprint density at radius 1 is 1.14 bits per heavy atom. The van der Waals surface area contributed by atoms with Gasteiger partial charge in [-0.25, -0.2) is 12.7 Å². The molecule has 1 saturated carbocycles. The van der Waals surface area contributed by atoms with Crippen LogP contribution >= 0.6 is 0 Å². The lowest BCUT2D eigenvalue weighted by molar-refractivity contribution is -0.137. The molecule has 2 fully saturated rings. The van der Waals surface area contributed by atoms with Crippen LogP contribution in [-0.4, -0.2) is 70.7 Å². The summed E-state index contributed by atoms with van der Waals surface area (Å²) in [6.07, 6.45) is -1.46. The number of aryl methyl sites for hydroxylation is 2. The molecule has 1 unspecified atom stereocenters. The maximum Gasteiger partial charge on any atom is 0.416 e. The van der Waals surface area contributed by atoms with Crippen molar-refractivity contribution in [3.05, 3.63) is 64.7 Å². The van der Waals surface area contributed by atoms with E-state index < -0.39 is 44.6 Å². The number of nitrogens with one attached hydrogen (secondary N) is 2. The monoisotopic (exact) mass is 640 g/mol. The fraction of sp³-hybridized carbons (Fsp3) is 0.517. The fourth-order valence-electron chi connectivity index (χ4n) is 5.81. The number of alkyl halides is 3. The van der Waals surface area contributed by atoms with Gasteiger partial charge in [0.2, 0.25) is 10.0 Å². The second kappa shape index (κ2) is 12.5. The Bertz CT molecular complexity index is 1490. The number of sulfonamides is 1. The lowest BCUT2D eigenvalue weighted by Crippen LogP contribution is -2.50. The number of aliphatic hydroxyl groups is 1. The van der Waals surface area contributed by atoms with Crippen LogP contribution in [0.2, 0.25) is 0 Å². The molecule has 14 heteroatoms. The number of hydrogen-bond acceptors (Lipinski definition) is 7. The number of nitrogens with zero attached hydrogens (tertiary/aromatic N) is 2. The zero-order chi connectivity index (χ0) is 31.0. The third-order valence-electron chi connectivity index (χ3n) is 8.51. The summed E-state index contributed by atoms with van der Waals surface area (Å²) in [5.41, 5.74) is -0.268. The Morgan fingerprint density at radius 2 is 1.84 bits per heavy atom. The number of piperidine rings is 1. The van der Waals surface area contributed by atoms with Crippen molar-refractivity contribution in [2.24, 2.45) is 4.99 Å². The minimum absolute atomic E-state index is 0.0556. The van der Waals surface area contributed by atoms with Gasteiger partial charge in [0.25, 0.3) is 5.91 Å². The second-order valence-corrected chi connectivity index (χ2v) is 14.8. The summed E-state index contributed by atoms with van der Waals surface area (Å²) in [5.74, 6) is -0.530. The molecule has 5 rings (SSSR count). The summed E-state index contributed by atoms with van der Waals surface area (Å²) in [5, 5.41) is 12.3. The van der Waals surface area contributed by atoms with Crippen LogP contribution in [0, 0.1) is 6.92 Å². The summed E-state index contributed by atoms with van der Waals surface area (Å²) in [7, 11) is -3.66. The Hall–Kier alpha value is -2.49. The number of aliphatic hydroxyl groups excluding tert-OH is 1. The zero-order valence-electron chi connectivity index (χ0n) is 23.7. The second-order valence-electron chi connectivity index (χ2n) is 11.5. The van der Waals surface area contributed by atoms with Crippen molar-refractivity contribution in [1.29, 1.82) is 0 Å². The first-order valence-corrected chi connectivity index (χ1v) is 17.0. The molecule has 9 nitrogen and oxygen atoms in total. The highest BCUT2D eigenvalue weighted by molar-refractivity contribution is 7.89. The van der Waals surface area contributed by atoms with Gasteiger partial charge >= 0.3 is 6.18 Å². The van der Waals surface area contributed by atoms with E-state index in [1.54, 1.807) is 18.2 Å². The molecule has 3 N–H and O–H groups in total. The normalized spacial score (nSPS) is 23.7. The average molecular weight is 641 g/mol. The number of carbonyl (C=O) groups is 1. The van der Waals surface area contributed by atoms with E-state index in [1.807, 2.05) is 6.92 Å². The van der Waals surface area contributed by atoms with Gasteiger partial charge in [0.15, 0.2) is 4.90 Å². The largest absolute Gasteiger partial charge is 0.593 e. The third-order valence-corrected chi connectivity index (χ3v) is 11.6. The lowest BCUT2D eigenvalue weighted by atomic mass is 9.89. The molecule has 0 bridgehead atoms. The van der Waals surface area contributed by atoms with Gasteiger partial charge < -0.3 is 15.0 Å². The van der Waals surface area contributed by atoms with Crippen LogP contribution in [0.4, 0.5) is 13.2 Å². The van der Waals surface area contributed by atoms with Crippen molar-refractivity contribution in [2.45, 2.75) is 80.6 Å². The van der Waals surface area contributed by atoms with Crippen LogP contribution in [0.5, 0.6) is 0 Å². The van der Waals surface area contributed by atoms with Crippen LogP contribution in [0.3, 0.4) is 0 Å². The number of carbonyl (C=O) groups excluding carboxylic acids is 1. The number of halogens is 3. The van der Waals surface area contributed by atoms with Gasteiger partial charge in [-0.15, -0.1) is 4.72 Å². The summed E-state index contributed by atoms with van der Waals surface area (Å²) >= 11 is -1.41. The van der Waals surface area contributed by atoms with Crippen molar-refractivity contribution < 1.29 is 36.0 Å². The standard InChI is InChI=1S/C29H35F3N4O5S2/c1-19-17-25(42(39)35-23-6-8-24(37)9-7-23)10-5-20(19)11-16-43(40,41)36-14-12-28(13-15-36)27(38)33-26(34-28)21-3-2-4-22(18-21)29(30,31)32/h2-5,10,17-18,23-24,35,37H,6-9,11-16H2,1H3,(H,33,34,38). The molecule has 0 aromatic heterocycles. The van der Waals surface area contributed by atoms with Crippen LogP contribution in [0.15, 0.2) is 52.4 Å². The first kappa shape index (κ1) is 31.9. The molecule has 0 radical (unpaired) electrons. The molecule has 2 aromatic carbocycles. The number of rotatable bonds is 8. The minimum atomic E-state index is -4.53. The van der Waals surface area contributed by atoms with Gasteiger partial charge in [-0.2, -0.15) is 13.2 Å². The SMILES string of the molecule is Cc1cc([S+]([O-])NC2CCC(O)CC2)ccc1CCS(=O)(=O)N1CCC2(CC1)N=C(c1cccc(C(F)(F)F)c1)NC2=O. The van der Waals surface area contributed by atoms with Crippen molar-refractivity contribution >= 4 is 33.1 Å². The average Bonchev–Trinajstić information content (AvgIpc) is 3.28. The summed E-state index contributed by atoms with van der Waals surface area (Å²) < 4.78 is 83.1. The molecule has 2 heterocycles. The number of amides is 1. The van der Waals surface area contributed by atoms with Crippen molar-refractivity contribution in [3.8, 4) is 0 Å². The van der Waals surface area contributed by atoms with Gasteiger partial charge in [-0.3, -0.25) is 9.79 Å². The number of benzene rings is 2. The van der Waals surface area contributed by atoms with E-state index in [1.165, 1.54) is 16.4 Å². The molecule has 1 amide bonds. The maximum atomic E-state index is 13.2. The van der Waals surface area contributed by atoms with E-state index in [9.17, 15) is 36.0 Å². The van der Waals surface area contributed by atoms with E-state index >= 15 is 0 Å². The van der Waals surface area contributed by atoms with Gasteiger partial charge in [-0.05, 0) is 87.3 Å². The van der Waals surface area contributed by atoms with E-state index in [0.29, 0.717) is 17.7 Å². The highest BCUT2D eigenvalue weighted by atomic mass is 32.2. The van der Waals surface area contributed by atoms with Crippen LogP contribution in [-0.2, 0) is 38.8 Å². The summed E-state index contributed by atoms with van der Waals surface area (Å²) in [6, 6.07) is 9.98. The zero-order valence-corrected chi connectivity index (χ0v) is 25.3. The molecule has 234 valence electrons. The van der Waals surface area contributed by atoms with E-state index in [-0.39, 0.29) is 61.6 Å². The Labute approximate surface area is 252 Å². The molecular weight excluding hydrogens is 605 g/mol. The Morgan fingerprint density at radius 3 is 2.49 bits per heavy atom. The van der Waals surface area contributed by atoms with E-state index in [4.69, 9.17) is 0 Å². The number of hydrogen-bond donors (Lipinski definition) is 3. The smallest absolute Gasteiger partial charge is 0.416 e. The van der Waals surface area contributed by atoms with Gasteiger partial charge in [0.1, 0.15) is 11.4 Å². The predicted octanol–water partition coefficient (Wildman–Crippen LogP) is 3.21. The predicted molar refractivity (Wildman–Crippen MR) is 156 cm³/mol. The van der Waals surface area contributed by atoms with Crippen LogP contribution in [0.1, 0.15) is 60.8 Å². The molecule has 1 aliphatic carbocycles. The number of aliphatic imine (C=N–C) groups is 1. The first-order valence-electron chi connectivity index (χ1n) is 14.3. The van der Waals surface area contributed by atoms with Crippen LogP contribution in [0.25, 0.3) is 0 Å². The van der Waals surface area contributed by atoms with Crippen molar-refractivity contribution in [2.75, 3.05) is 18.8 Å². The molecule has 1 atom stereocenters. The fourth-order valence-corrected chi connectivity index (χ4v) is 8.44. The molecule has 1 saturated heterocycles. The van der Waals surface area contributed by atoms with E-state index in [2.05, 4.69) is 15.0 Å². The third kappa shape index (κ3) is 7.26. The van der Waals surface area contributed by atoms with Crippen molar-refractivity contribution in [1.82, 2.24) is 14.3 Å². The van der Waals surface area contributed by atoms with Gasteiger partial charge in [0.05, 0.1) is 34.8 Å². The van der Waals surface area contributed by atoms with E-state index in [0.717, 1.165) is 36.1 Å². The Kier molecular flexibility index (Phi) is 9.27. The lowest BCUT2D eigenvalue weighted by Gasteiger charge is -2.34. The summed E-state index contributed by atoms with van der Waals surface area (Å²) in [6.45, 7) is 1.98. The van der Waals surface area contributed by atoms with Crippen molar-refractivity contribution in [3.63, 3.8) is 0 Å². The first-order chi connectivity index (χ1) is 20.3. The highest BCUT2D eigenvalue weighted by Gasteiger charge is 2.47. The molecule has 2 aromatic rings. The molecule has 3 aliphatic rings. The quantitative estimate of drug-likeness (QED) is 0.380.